The summed E-state index contributed by atoms with van der Waals surface area (Å²) in [6.45, 7) is 3.84. The molecule has 102 valence electrons. The zero-order valence-electron chi connectivity index (χ0n) is 10.7. The molecule has 0 aliphatic carbocycles. The SMILES string of the molecule is COc1ccc(S(=O)(=O)NC(CCl)C(C)C)cc1. The molecule has 1 N–H and O–H groups in total. The number of rotatable bonds is 6. The van der Waals surface area contributed by atoms with E-state index in [0.29, 0.717) is 5.75 Å². The van der Waals surface area contributed by atoms with Crippen molar-refractivity contribution >= 4 is 21.6 Å². The maximum atomic E-state index is 12.1. The summed E-state index contributed by atoms with van der Waals surface area (Å²) in [5, 5.41) is 0. The molecule has 0 amide bonds. The van der Waals surface area contributed by atoms with Crippen molar-refractivity contribution in [2.45, 2.75) is 24.8 Å². The fourth-order valence-corrected chi connectivity index (χ4v) is 3.28. The third-order valence-electron chi connectivity index (χ3n) is 2.65. The lowest BCUT2D eigenvalue weighted by molar-refractivity contribution is 0.414. The molecule has 0 spiro atoms. The van der Waals surface area contributed by atoms with Crippen LogP contribution in [0.5, 0.6) is 5.75 Å². The average Bonchev–Trinajstić information content (AvgIpc) is 2.35. The Morgan fingerprint density at radius 3 is 2.22 bits per heavy atom. The molecule has 0 bridgehead atoms. The van der Waals surface area contributed by atoms with Crippen LogP contribution in [0.3, 0.4) is 0 Å². The molecule has 0 aliphatic heterocycles. The predicted molar refractivity (Wildman–Crippen MR) is 72.7 cm³/mol. The maximum Gasteiger partial charge on any atom is 0.240 e. The van der Waals surface area contributed by atoms with Gasteiger partial charge in [0.25, 0.3) is 0 Å². The first kappa shape index (κ1) is 15.3. The van der Waals surface area contributed by atoms with E-state index >= 15 is 0 Å². The van der Waals surface area contributed by atoms with E-state index in [0.717, 1.165) is 0 Å². The second-order valence-electron chi connectivity index (χ2n) is 4.30. The Morgan fingerprint density at radius 2 is 1.83 bits per heavy atom. The lowest BCUT2D eigenvalue weighted by atomic mass is 10.1. The highest BCUT2D eigenvalue weighted by molar-refractivity contribution is 7.89. The van der Waals surface area contributed by atoms with Crippen LogP contribution in [0.1, 0.15) is 13.8 Å². The summed E-state index contributed by atoms with van der Waals surface area (Å²) in [7, 11) is -2.00. The molecule has 0 radical (unpaired) electrons. The van der Waals surface area contributed by atoms with Gasteiger partial charge in [0, 0.05) is 11.9 Å². The van der Waals surface area contributed by atoms with Crippen molar-refractivity contribution < 1.29 is 13.2 Å². The summed E-state index contributed by atoms with van der Waals surface area (Å²) < 4.78 is 31.8. The van der Waals surface area contributed by atoms with Crippen molar-refractivity contribution in [3.05, 3.63) is 24.3 Å². The minimum atomic E-state index is -3.53. The van der Waals surface area contributed by atoms with E-state index in [-0.39, 0.29) is 22.7 Å². The Labute approximate surface area is 113 Å². The number of halogens is 1. The fraction of sp³-hybridized carbons (Fsp3) is 0.500. The van der Waals surface area contributed by atoms with Gasteiger partial charge >= 0.3 is 0 Å². The summed E-state index contributed by atoms with van der Waals surface area (Å²) >= 11 is 5.76. The average molecular weight is 292 g/mol. The van der Waals surface area contributed by atoms with E-state index < -0.39 is 10.0 Å². The van der Waals surface area contributed by atoms with Crippen LogP contribution in [0.2, 0.25) is 0 Å². The number of benzene rings is 1. The molecule has 0 fully saturated rings. The Hall–Kier alpha value is -0.780. The van der Waals surface area contributed by atoms with Crippen LogP contribution in [-0.4, -0.2) is 27.4 Å². The highest BCUT2D eigenvalue weighted by Crippen LogP contribution is 2.16. The van der Waals surface area contributed by atoms with Gasteiger partial charge in [-0.2, -0.15) is 0 Å². The molecule has 1 aromatic carbocycles. The van der Waals surface area contributed by atoms with E-state index in [2.05, 4.69) is 4.72 Å². The van der Waals surface area contributed by atoms with E-state index in [1.165, 1.54) is 19.2 Å². The largest absolute Gasteiger partial charge is 0.497 e. The van der Waals surface area contributed by atoms with Gasteiger partial charge in [0.1, 0.15) is 5.75 Å². The number of nitrogens with one attached hydrogen (secondary N) is 1. The van der Waals surface area contributed by atoms with E-state index in [1.54, 1.807) is 12.1 Å². The second kappa shape index (κ2) is 6.41. The van der Waals surface area contributed by atoms with Crippen molar-refractivity contribution in [2.75, 3.05) is 13.0 Å². The van der Waals surface area contributed by atoms with Crippen LogP contribution in [-0.2, 0) is 10.0 Å². The number of sulfonamides is 1. The number of methoxy groups -OCH3 is 1. The normalized spacial score (nSPS) is 13.6. The van der Waals surface area contributed by atoms with Crippen LogP contribution in [0, 0.1) is 5.92 Å². The van der Waals surface area contributed by atoms with Gasteiger partial charge in [-0.25, -0.2) is 13.1 Å². The Morgan fingerprint density at radius 1 is 1.28 bits per heavy atom. The number of hydrogen-bond acceptors (Lipinski definition) is 3. The van der Waals surface area contributed by atoms with Crippen LogP contribution in [0.25, 0.3) is 0 Å². The van der Waals surface area contributed by atoms with Crippen LogP contribution >= 0.6 is 11.6 Å². The lowest BCUT2D eigenvalue weighted by Gasteiger charge is -2.19. The molecule has 1 atom stereocenters. The molecule has 18 heavy (non-hydrogen) atoms. The van der Waals surface area contributed by atoms with Crippen molar-refractivity contribution in [1.29, 1.82) is 0 Å². The molecule has 0 saturated carbocycles. The van der Waals surface area contributed by atoms with E-state index in [1.807, 2.05) is 13.8 Å². The van der Waals surface area contributed by atoms with Gasteiger partial charge in [-0.05, 0) is 30.2 Å². The maximum absolute atomic E-state index is 12.1. The molecular formula is C12H18ClNO3S. The van der Waals surface area contributed by atoms with Gasteiger partial charge in [-0.1, -0.05) is 13.8 Å². The minimum absolute atomic E-state index is 0.135. The van der Waals surface area contributed by atoms with Gasteiger partial charge < -0.3 is 4.74 Å². The fourth-order valence-electron chi connectivity index (χ4n) is 1.37. The molecule has 6 heteroatoms. The Balaban J connectivity index is 2.91. The zero-order chi connectivity index (χ0) is 13.8. The monoisotopic (exact) mass is 291 g/mol. The first-order valence-electron chi connectivity index (χ1n) is 5.63. The number of alkyl halides is 1. The highest BCUT2D eigenvalue weighted by atomic mass is 35.5. The molecule has 0 heterocycles. The molecule has 0 aromatic heterocycles. The van der Waals surface area contributed by atoms with Gasteiger partial charge in [-0.3, -0.25) is 0 Å². The molecule has 0 aliphatic rings. The third kappa shape index (κ3) is 3.86. The first-order chi connectivity index (χ1) is 8.40. The van der Waals surface area contributed by atoms with Crippen molar-refractivity contribution in [2.24, 2.45) is 5.92 Å². The summed E-state index contributed by atoms with van der Waals surface area (Å²) in [6.07, 6.45) is 0. The van der Waals surface area contributed by atoms with Gasteiger partial charge in [0.15, 0.2) is 0 Å². The van der Waals surface area contributed by atoms with Crippen molar-refractivity contribution in [3.63, 3.8) is 0 Å². The van der Waals surface area contributed by atoms with Gasteiger partial charge in [0.05, 0.1) is 12.0 Å². The Kier molecular flexibility index (Phi) is 5.44. The summed E-state index contributed by atoms with van der Waals surface area (Å²) in [4.78, 5) is 0.207. The second-order valence-corrected chi connectivity index (χ2v) is 6.32. The summed E-state index contributed by atoms with van der Waals surface area (Å²) in [5.74, 6) is 0.995. The van der Waals surface area contributed by atoms with E-state index in [9.17, 15) is 8.42 Å². The predicted octanol–water partition coefficient (Wildman–Crippen LogP) is 2.24. The van der Waals surface area contributed by atoms with Crippen molar-refractivity contribution in [3.8, 4) is 5.75 Å². The number of hydrogen-bond donors (Lipinski definition) is 1. The zero-order valence-corrected chi connectivity index (χ0v) is 12.3. The topological polar surface area (TPSA) is 55.4 Å². The van der Waals surface area contributed by atoms with Crippen LogP contribution in [0.4, 0.5) is 0 Å². The van der Waals surface area contributed by atoms with Gasteiger partial charge in [-0.15, -0.1) is 11.6 Å². The van der Waals surface area contributed by atoms with E-state index in [4.69, 9.17) is 16.3 Å². The highest BCUT2D eigenvalue weighted by Gasteiger charge is 2.21. The lowest BCUT2D eigenvalue weighted by Crippen LogP contribution is -2.39. The van der Waals surface area contributed by atoms with Crippen LogP contribution in [0.15, 0.2) is 29.2 Å². The smallest absolute Gasteiger partial charge is 0.240 e. The molecule has 1 unspecified atom stereocenters. The minimum Gasteiger partial charge on any atom is -0.497 e. The molecule has 1 aromatic rings. The molecule has 1 rings (SSSR count). The van der Waals surface area contributed by atoms with Crippen LogP contribution < -0.4 is 9.46 Å². The molecule has 0 saturated heterocycles. The first-order valence-corrected chi connectivity index (χ1v) is 7.65. The number of ether oxygens (including phenoxy) is 1. The molecule has 4 nitrogen and oxygen atoms in total. The summed E-state index contributed by atoms with van der Waals surface area (Å²) in [6, 6.07) is 5.96. The van der Waals surface area contributed by atoms with Gasteiger partial charge in [0.2, 0.25) is 10.0 Å². The molecular weight excluding hydrogens is 274 g/mol. The summed E-state index contributed by atoms with van der Waals surface area (Å²) in [5.41, 5.74) is 0. The quantitative estimate of drug-likeness (QED) is 0.818. The van der Waals surface area contributed by atoms with Crippen molar-refractivity contribution in [1.82, 2.24) is 4.72 Å². The Bertz CT molecular complexity index is 471. The third-order valence-corrected chi connectivity index (χ3v) is 4.49. The standard InChI is InChI=1S/C12H18ClNO3S/c1-9(2)12(8-13)14-18(15,16)11-6-4-10(17-3)5-7-11/h4-7,9,12,14H,8H2,1-3H3.